The summed E-state index contributed by atoms with van der Waals surface area (Å²) >= 11 is 0. The number of aliphatic hydroxyl groups is 1. The van der Waals surface area contributed by atoms with Crippen LogP contribution in [0.2, 0.25) is 12.6 Å². The van der Waals surface area contributed by atoms with E-state index in [0.29, 0.717) is 18.3 Å². The molecule has 0 aromatic rings. The van der Waals surface area contributed by atoms with E-state index in [0.717, 1.165) is 12.8 Å². The molecule has 11 heavy (non-hydrogen) atoms. The highest BCUT2D eigenvalue weighted by atomic mass is 16.3. The molecular weight excluding hydrogens is 135 g/mol. The molecule has 0 bridgehead atoms. The Hall–Kier alpha value is 0.0249. The quantitative estimate of drug-likeness (QED) is 0.583. The number of hydrogen-bond acceptors (Lipinski definition) is 1. The second-order valence-corrected chi connectivity index (χ2v) is 3.38. The molecule has 1 radical (unpaired) electrons. The van der Waals surface area contributed by atoms with Gasteiger partial charge in [-0.05, 0) is 12.3 Å². The zero-order valence-electron chi connectivity index (χ0n) is 8.01. The van der Waals surface area contributed by atoms with Crippen LogP contribution in [0.3, 0.4) is 0 Å². The Balaban J connectivity index is 3.49. The van der Waals surface area contributed by atoms with E-state index >= 15 is 0 Å². The molecule has 0 aliphatic heterocycles. The van der Waals surface area contributed by atoms with Crippen molar-refractivity contribution in [3.8, 4) is 0 Å². The lowest BCUT2D eigenvalue weighted by molar-refractivity contribution is 0.209. The van der Waals surface area contributed by atoms with Crippen LogP contribution < -0.4 is 0 Å². The van der Waals surface area contributed by atoms with Gasteiger partial charge in [-0.2, -0.15) is 0 Å². The first kappa shape index (κ1) is 11.0. The van der Waals surface area contributed by atoms with Crippen LogP contribution in [-0.4, -0.2) is 19.0 Å². The van der Waals surface area contributed by atoms with Crippen molar-refractivity contribution in [3.05, 3.63) is 0 Å². The summed E-state index contributed by atoms with van der Waals surface area (Å²) in [6.45, 7) is 6.82. The fourth-order valence-electron chi connectivity index (χ4n) is 1.35. The molecule has 2 heteroatoms. The van der Waals surface area contributed by atoms with Gasteiger partial charge in [0.15, 0.2) is 0 Å². The molecule has 0 aromatic heterocycles. The summed E-state index contributed by atoms with van der Waals surface area (Å²) in [6, 6.07) is 0. The Kier molecular flexibility index (Phi) is 6.73. The molecule has 1 N–H and O–H groups in total. The molecule has 0 saturated heterocycles. The summed E-state index contributed by atoms with van der Waals surface area (Å²) in [5.74, 6) is 1.17. The summed E-state index contributed by atoms with van der Waals surface area (Å²) < 4.78 is 0. The average molecular weight is 155 g/mol. The van der Waals surface area contributed by atoms with Gasteiger partial charge in [0.05, 0.1) is 0 Å². The highest BCUT2D eigenvalue weighted by Crippen LogP contribution is 2.19. The van der Waals surface area contributed by atoms with Crippen LogP contribution in [0.4, 0.5) is 0 Å². The summed E-state index contributed by atoms with van der Waals surface area (Å²) in [6.07, 6.45) is 3.48. The van der Waals surface area contributed by atoms with Crippen molar-refractivity contribution >= 4 is 7.28 Å². The third-order valence-corrected chi connectivity index (χ3v) is 2.23. The lowest BCUT2D eigenvalue weighted by Gasteiger charge is -2.16. The Bertz CT molecular complexity index is 85.6. The minimum Gasteiger partial charge on any atom is -0.396 e. The highest BCUT2D eigenvalue weighted by molar-refractivity contribution is 6.35. The van der Waals surface area contributed by atoms with E-state index in [2.05, 4.69) is 28.0 Å². The SMILES string of the molecule is C[B]C(C)CC(CO)CCC. The van der Waals surface area contributed by atoms with Gasteiger partial charge in [0.2, 0.25) is 0 Å². The van der Waals surface area contributed by atoms with Gasteiger partial charge in [-0.1, -0.05) is 39.3 Å². The molecule has 0 fully saturated rings. The van der Waals surface area contributed by atoms with Crippen molar-refractivity contribution in [2.24, 2.45) is 5.92 Å². The highest BCUT2D eigenvalue weighted by Gasteiger charge is 2.09. The first-order valence-electron chi connectivity index (χ1n) is 4.64. The molecule has 0 amide bonds. The van der Waals surface area contributed by atoms with Crippen molar-refractivity contribution in [3.63, 3.8) is 0 Å². The lowest BCUT2D eigenvalue weighted by Crippen LogP contribution is -2.10. The minimum atomic E-state index is 0.353. The molecule has 1 nitrogen and oxygen atoms in total. The van der Waals surface area contributed by atoms with E-state index < -0.39 is 0 Å². The van der Waals surface area contributed by atoms with E-state index in [-0.39, 0.29) is 0 Å². The number of rotatable bonds is 6. The fourth-order valence-corrected chi connectivity index (χ4v) is 1.35. The zero-order valence-corrected chi connectivity index (χ0v) is 8.01. The second-order valence-electron chi connectivity index (χ2n) is 3.38. The van der Waals surface area contributed by atoms with Crippen molar-refractivity contribution in [2.45, 2.75) is 45.8 Å². The summed E-state index contributed by atoms with van der Waals surface area (Å²) in [5.41, 5.74) is 0. The Morgan fingerprint density at radius 1 is 1.45 bits per heavy atom. The van der Waals surface area contributed by atoms with Gasteiger partial charge in [-0.25, -0.2) is 0 Å². The molecule has 2 atom stereocenters. The number of hydrogen-bond donors (Lipinski definition) is 1. The van der Waals surface area contributed by atoms with Crippen molar-refractivity contribution in [2.75, 3.05) is 6.61 Å². The van der Waals surface area contributed by atoms with Crippen molar-refractivity contribution < 1.29 is 5.11 Å². The van der Waals surface area contributed by atoms with Gasteiger partial charge in [0.1, 0.15) is 7.28 Å². The van der Waals surface area contributed by atoms with E-state index in [1.54, 1.807) is 0 Å². The zero-order chi connectivity index (χ0) is 8.69. The van der Waals surface area contributed by atoms with Crippen molar-refractivity contribution in [1.29, 1.82) is 0 Å². The van der Waals surface area contributed by atoms with E-state index in [1.807, 2.05) is 0 Å². The normalized spacial score (nSPS) is 16.0. The van der Waals surface area contributed by atoms with Crippen LogP contribution in [-0.2, 0) is 0 Å². The molecule has 0 rings (SSSR count). The lowest BCUT2D eigenvalue weighted by atomic mass is 9.64. The third kappa shape index (κ3) is 5.31. The minimum absolute atomic E-state index is 0.353. The van der Waals surface area contributed by atoms with Crippen molar-refractivity contribution in [1.82, 2.24) is 0 Å². The monoisotopic (exact) mass is 155 g/mol. The maximum atomic E-state index is 8.99. The Morgan fingerprint density at radius 2 is 2.09 bits per heavy atom. The largest absolute Gasteiger partial charge is 0.396 e. The van der Waals surface area contributed by atoms with E-state index in [1.165, 1.54) is 6.42 Å². The van der Waals surface area contributed by atoms with Crippen LogP contribution in [0.5, 0.6) is 0 Å². The molecule has 65 valence electrons. The molecule has 0 saturated carbocycles. The number of aliphatic hydroxyl groups excluding tert-OH is 1. The van der Waals surface area contributed by atoms with Crippen LogP contribution >= 0.6 is 0 Å². The Labute approximate surface area is 71.4 Å². The third-order valence-electron chi connectivity index (χ3n) is 2.23. The second kappa shape index (κ2) is 6.72. The fraction of sp³-hybridized carbons (Fsp3) is 1.00. The molecule has 0 aliphatic rings. The summed E-state index contributed by atoms with van der Waals surface area (Å²) in [4.78, 5) is 0. The first-order valence-corrected chi connectivity index (χ1v) is 4.64. The maximum Gasteiger partial charge on any atom is 0.109 e. The van der Waals surface area contributed by atoms with Crippen LogP contribution in [0.25, 0.3) is 0 Å². The first-order chi connectivity index (χ1) is 5.24. The molecule has 0 heterocycles. The van der Waals surface area contributed by atoms with Crippen LogP contribution in [0.1, 0.15) is 33.1 Å². The van der Waals surface area contributed by atoms with E-state index in [4.69, 9.17) is 5.11 Å². The van der Waals surface area contributed by atoms with Gasteiger partial charge in [0, 0.05) is 6.61 Å². The molecule has 0 spiro atoms. The molecular formula is C9H20BO. The van der Waals surface area contributed by atoms with Crippen LogP contribution in [0, 0.1) is 5.92 Å². The molecule has 2 unspecified atom stereocenters. The molecule has 0 aromatic carbocycles. The molecule has 0 aliphatic carbocycles. The summed E-state index contributed by atoms with van der Waals surface area (Å²) in [7, 11) is 2.21. The average Bonchev–Trinajstić information content (AvgIpc) is 2.03. The predicted molar refractivity (Wildman–Crippen MR) is 51.1 cm³/mol. The van der Waals surface area contributed by atoms with Gasteiger partial charge in [-0.3, -0.25) is 0 Å². The summed E-state index contributed by atoms with van der Waals surface area (Å²) in [5, 5.41) is 8.99. The van der Waals surface area contributed by atoms with Crippen LogP contribution in [0.15, 0.2) is 0 Å². The van der Waals surface area contributed by atoms with E-state index in [9.17, 15) is 0 Å². The van der Waals surface area contributed by atoms with Gasteiger partial charge in [-0.15, -0.1) is 0 Å². The predicted octanol–water partition coefficient (Wildman–Crippen LogP) is 2.35. The van der Waals surface area contributed by atoms with Gasteiger partial charge in [0.25, 0.3) is 0 Å². The van der Waals surface area contributed by atoms with Gasteiger partial charge >= 0.3 is 0 Å². The Morgan fingerprint density at radius 3 is 2.45 bits per heavy atom. The standard InChI is InChI=1S/C9H20BO/c1-4-5-9(7-11)6-8(2)10-3/h8-9,11H,4-7H2,1-3H3. The smallest absolute Gasteiger partial charge is 0.109 e. The van der Waals surface area contributed by atoms with Gasteiger partial charge < -0.3 is 5.11 Å². The maximum absolute atomic E-state index is 8.99. The topological polar surface area (TPSA) is 20.2 Å².